The maximum atomic E-state index is 12.9. The van der Waals surface area contributed by atoms with Gasteiger partial charge in [-0.25, -0.2) is 4.98 Å². The zero-order valence-electron chi connectivity index (χ0n) is 15.8. The van der Waals surface area contributed by atoms with Crippen LogP contribution in [0.15, 0.2) is 24.5 Å². The van der Waals surface area contributed by atoms with Gasteiger partial charge in [-0.1, -0.05) is 5.21 Å². The first-order chi connectivity index (χ1) is 13.7. The molecule has 1 saturated heterocycles. The molecule has 9 heteroatoms. The van der Waals surface area contributed by atoms with Gasteiger partial charge >= 0.3 is 0 Å². The standard InChI is InChI=1S/C19H24N6O3/c26-17-6-1-4-15-14-25(22-21-15)8-3-13-28-16-5-2-7-20-18(16)19(27)24-11-9-23(17)10-12-24/h2,5,7,14H,1,3-4,6,8-13H2. The summed E-state index contributed by atoms with van der Waals surface area (Å²) in [5, 5.41) is 8.31. The van der Waals surface area contributed by atoms with E-state index in [1.165, 1.54) is 0 Å². The summed E-state index contributed by atoms with van der Waals surface area (Å²) in [6.07, 6.45) is 6.23. The lowest BCUT2D eigenvalue weighted by Crippen LogP contribution is -2.50. The van der Waals surface area contributed by atoms with E-state index in [2.05, 4.69) is 15.3 Å². The van der Waals surface area contributed by atoms with E-state index in [0.717, 1.165) is 25.0 Å². The molecule has 2 amide bonds. The Labute approximate surface area is 163 Å². The number of fused-ring (bicyclic) bond motifs is 8. The van der Waals surface area contributed by atoms with Gasteiger partial charge in [0, 0.05) is 58.0 Å². The summed E-state index contributed by atoms with van der Waals surface area (Å²) in [5.74, 6) is 0.471. The molecule has 3 aliphatic heterocycles. The molecule has 0 radical (unpaired) electrons. The second-order valence-corrected chi connectivity index (χ2v) is 7.05. The number of carbonyl (C=O) groups excluding carboxylic acids is 2. The molecule has 5 heterocycles. The molecule has 0 saturated carbocycles. The van der Waals surface area contributed by atoms with Gasteiger partial charge in [0.25, 0.3) is 5.91 Å². The molecule has 3 aliphatic rings. The van der Waals surface area contributed by atoms with Gasteiger partial charge in [0.1, 0.15) is 0 Å². The van der Waals surface area contributed by atoms with Crippen LogP contribution in [0.2, 0.25) is 0 Å². The van der Waals surface area contributed by atoms with E-state index < -0.39 is 0 Å². The van der Waals surface area contributed by atoms with Crippen molar-refractivity contribution in [1.29, 1.82) is 0 Å². The highest BCUT2D eigenvalue weighted by molar-refractivity contribution is 5.95. The average molecular weight is 384 g/mol. The molecule has 148 valence electrons. The van der Waals surface area contributed by atoms with Gasteiger partial charge in [-0.3, -0.25) is 14.3 Å². The van der Waals surface area contributed by atoms with Crippen molar-refractivity contribution in [3.8, 4) is 5.75 Å². The Hall–Kier alpha value is -2.97. The molecule has 0 spiro atoms. The lowest BCUT2D eigenvalue weighted by molar-refractivity contribution is -0.132. The Morgan fingerprint density at radius 2 is 1.79 bits per heavy atom. The monoisotopic (exact) mass is 384 g/mol. The van der Waals surface area contributed by atoms with Gasteiger partial charge in [0.05, 0.1) is 12.3 Å². The van der Waals surface area contributed by atoms with Gasteiger partial charge in [-0.2, -0.15) is 0 Å². The van der Waals surface area contributed by atoms with Crippen molar-refractivity contribution in [2.75, 3.05) is 32.8 Å². The SMILES string of the molecule is O=C1CCCc2cn(nn2)CCCOc2cccnc2C(=O)N2CCN1CC2. The van der Waals surface area contributed by atoms with Crippen molar-refractivity contribution in [2.24, 2.45) is 0 Å². The first-order valence-corrected chi connectivity index (χ1v) is 9.74. The van der Waals surface area contributed by atoms with E-state index in [1.54, 1.807) is 27.9 Å². The topological polar surface area (TPSA) is 93.4 Å². The van der Waals surface area contributed by atoms with E-state index >= 15 is 0 Å². The first-order valence-electron chi connectivity index (χ1n) is 9.74. The molecule has 1 fully saturated rings. The van der Waals surface area contributed by atoms with Crippen molar-refractivity contribution in [3.05, 3.63) is 35.9 Å². The maximum Gasteiger partial charge on any atom is 0.276 e. The molecule has 2 aromatic heterocycles. The van der Waals surface area contributed by atoms with E-state index in [-0.39, 0.29) is 11.8 Å². The highest BCUT2D eigenvalue weighted by Crippen LogP contribution is 2.19. The van der Waals surface area contributed by atoms with Gasteiger partial charge in [0.2, 0.25) is 5.91 Å². The Morgan fingerprint density at radius 1 is 0.964 bits per heavy atom. The highest BCUT2D eigenvalue weighted by atomic mass is 16.5. The summed E-state index contributed by atoms with van der Waals surface area (Å²) in [4.78, 5) is 33.2. The predicted molar refractivity (Wildman–Crippen MR) is 99.8 cm³/mol. The summed E-state index contributed by atoms with van der Waals surface area (Å²) < 4.78 is 7.63. The summed E-state index contributed by atoms with van der Waals surface area (Å²) in [7, 11) is 0. The Bertz CT molecular complexity index is 844. The minimum atomic E-state index is -0.148. The predicted octanol–water partition coefficient (Wildman–Crippen LogP) is 0.763. The molecule has 4 bridgehead atoms. The molecule has 0 aromatic carbocycles. The summed E-state index contributed by atoms with van der Waals surface area (Å²) >= 11 is 0. The van der Waals surface area contributed by atoms with Crippen LogP contribution < -0.4 is 4.74 Å². The molecule has 0 unspecified atom stereocenters. The second-order valence-electron chi connectivity index (χ2n) is 7.05. The van der Waals surface area contributed by atoms with Gasteiger partial charge in [-0.15, -0.1) is 5.10 Å². The van der Waals surface area contributed by atoms with E-state index in [4.69, 9.17) is 4.74 Å². The van der Waals surface area contributed by atoms with Gasteiger partial charge < -0.3 is 14.5 Å². The van der Waals surface area contributed by atoms with Crippen LogP contribution in [0, 0.1) is 0 Å². The van der Waals surface area contributed by atoms with Crippen molar-refractivity contribution >= 4 is 11.8 Å². The number of pyridine rings is 1. The zero-order chi connectivity index (χ0) is 19.3. The van der Waals surface area contributed by atoms with Crippen LogP contribution in [0.4, 0.5) is 0 Å². The number of hydrogen-bond donors (Lipinski definition) is 0. The highest BCUT2D eigenvalue weighted by Gasteiger charge is 2.27. The number of hydrogen-bond acceptors (Lipinski definition) is 6. The average Bonchev–Trinajstić information content (AvgIpc) is 3.18. The quantitative estimate of drug-likeness (QED) is 0.666. The van der Waals surface area contributed by atoms with Crippen LogP contribution >= 0.6 is 0 Å². The summed E-state index contributed by atoms with van der Waals surface area (Å²) in [6, 6.07) is 3.53. The third-order valence-corrected chi connectivity index (χ3v) is 5.09. The number of rotatable bonds is 0. The van der Waals surface area contributed by atoms with Crippen LogP contribution in [-0.4, -0.2) is 74.4 Å². The Balaban J connectivity index is 1.53. The fourth-order valence-electron chi connectivity index (χ4n) is 3.53. The molecule has 0 N–H and O–H groups in total. The van der Waals surface area contributed by atoms with Crippen molar-refractivity contribution in [3.63, 3.8) is 0 Å². The summed E-state index contributed by atoms with van der Waals surface area (Å²) in [6.45, 7) is 3.25. The van der Waals surface area contributed by atoms with E-state index in [1.807, 2.05) is 11.1 Å². The maximum absolute atomic E-state index is 12.9. The van der Waals surface area contributed by atoms with Crippen molar-refractivity contribution < 1.29 is 14.3 Å². The van der Waals surface area contributed by atoms with Crippen LogP contribution in [-0.2, 0) is 17.8 Å². The number of ether oxygens (including phenoxy) is 1. The molecule has 2 aromatic rings. The normalized spacial score (nSPS) is 19.0. The zero-order valence-corrected chi connectivity index (χ0v) is 15.8. The Kier molecular flexibility index (Phi) is 5.50. The van der Waals surface area contributed by atoms with E-state index in [9.17, 15) is 9.59 Å². The second kappa shape index (κ2) is 8.37. The van der Waals surface area contributed by atoms with Crippen molar-refractivity contribution in [2.45, 2.75) is 32.2 Å². The number of aryl methyl sites for hydroxylation is 2. The van der Waals surface area contributed by atoms with Gasteiger partial charge in [-0.05, 0) is 25.0 Å². The minimum Gasteiger partial charge on any atom is -0.491 e. The molecule has 9 nitrogen and oxygen atoms in total. The van der Waals surface area contributed by atoms with E-state index in [0.29, 0.717) is 57.2 Å². The third kappa shape index (κ3) is 4.13. The largest absolute Gasteiger partial charge is 0.491 e. The molecular weight excluding hydrogens is 360 g/mol. The lowest BCUT2D eigenvalue weighted by Gasteiger charge is -2.34. The lowest BCUT2D eigenvalue weighted by atomic mass is 10.1. The van der Waals surface area contributed by atoms with Crippen molar-refractivity contribution in [1.82, 2.24) is 29.8 Å². The molecule has 28 heavy (non-hydrogen) atoms. The summed E-state index contributed by atoms with van der Waals surface area (Å²) in [5.41, 5.74) is 1.23. The van der Waals surface area contributed by atoms with Crippen LogP contribution in [0.25, 0.3) is 0 Å². The number of carbonyl (C=O) groups is 2. The number of amides is 2. The van der Waals surface area contributed by atoms with Crippen LogP contribution in [0.3, 0.4) is 0 Å². The molecular formula is C19H24N6O3. The minimum absolute atomic E-state index is 0.127. The molecule has 0 atom stereocenters. The number of piperazine rings is 1. The fraction of sp³-hybridized carbons (Fsp3) is 0.526. The smallest absolute Gasteiger partial charge is 0.276 e. The van der Waals surface area contributed by atoms with Crippen LogP contribution in [0.1, 0.15) is 35.4 Å². The van der Waals surface area contributed by atoms with Gasteiger partial charge in [0.15, 0.2) is 11.4 Å². The number of nitrogens with zero attached hydrogens (tertiary/aromatic N) is 6. The molecule has 0 aliphatic carbocycles. The van der Waals surface area contributed by atoms with Crippen LogP contribution in [0.5, 0.6) is 5.75 Å². The first kappa shape index (κ1) is 18.4. The number of aromatic nitrogens is 4. The Morgan fingerprint density at radius 3 is 2.64 bits per heavy atom. The fourth-order valence-corrected chi connectivity index (χ4v) is 3.53. The third-order valence-electron chi connectivity index (χ3n) is 5.09. The molecule has 5 rings (SSSR count).